The third-order valence-corrected chi connectivity index (χ3v) is 0.994. The molecule has 0 fully saturated rings. The fourth-order valence-corrected chi connectivity index (χ4v) is 0.518. The third kappa shape index (κ3) is 1.18. The Morgan fingerprint density at radius 1 is 1.10 bits per heavy atom. The van der Waals surface area contributed by atoms with Crippen molar-refractivity contribution in [2.75, 3.05) is 0 Å². The average molecular weight is 169 g/mol. The first-order valence-electron chi connectivity index (χ1n) is 2.15. The van der Waals surface area contributed by atoms with Gasteiger partial charge in [-0.15, -0.1) is 0 Å². The predicted octanol–water partition coefficient (Wildman–Crippen LogP) is 1.55. The molecule has 0 spiro atoms. The van der Waals surface area contributed by atoms with Gasteiger partial charge in [0.2, 0.25) is 5.82 Å². The molecule has 0 radical (unpaired) electrons. The van der Waals surface area contributed by atoms with Gasteiger partial charge in [0, 0.05) is 0 Å². The van der Waals surface area contributed by atoms with Crippen LogP contribution in [0.2, 0.25) is 5.15 Å². The fraction of sp³-hybridized carbons (Fsp3) is 0. The Kier molecular flexibility index (Phi) is 1.76. The van der Waals surface area contributed by atoms with Crippen LogP contribution in [-0.2, 0) is 0 Å². The lowest BCUT2D eigenvalue weighted by atomic mass is 10.6. The van der Waals surface area contributed by atoms with Crippen molar-refractivity contribution < 1.29 is 13.2 Å². The van der Waals surface area contributed by atoms with Crippen LogP contribution in [0.5, 0.6) is 0 Å². The molecule has 1 rings (SSSR count). The second-order valence-electron chi connectivity index (χ2n) is 1.39. The van der Waals surface area contributed by atoms with Gasteiger partial charge < -0.3 is 0 Å². The topological polar surface area (TPSA) is 25.8 Å². The molecule has 0 bridgehead atoms. The molecule has 6 heteroatoms. The van der Waals surface area contributed by atoms with Crippen molar-refractivity contribution in [3.63, 3.8) is 0 Å². The summed E-state index contributed by atoms with van der Waals surface area (Å²) in [6.07, 6.45) is -1.39. The molecule has 0 saturated heterocycles. The Hall–Kier alpha value is -0.840. The first-order chi connectivity index (χ1) is 4.61. The van der Waals surface area contributed by atoms with Crippen LogP contribution in [0.3, 0.4) is 0 Å². The summed E-state index contributed by atoms with van der Waals surface area (Å²) in [4.78, 5) is 5.14. The summed E-state index contributed by atoms with van der Waals surface area (Å²) in [6, 6.07) is 0. The summed E-state index contributed by atoms with van der Waals surface area (Å²) < 4.78 is 36.0. The summed E-state index contributed by atoms with van der Waals surface area (Å²) >= 11 is 4.91. The molecule has 0 aliphatic heterocycles. The van der Waals surface area contributed by atoms with Crippen LogP contribution >= 0.6 is 11.6 Å². The zero-order valence-electron chi connectivity index (χ0n) is 4.41. The standard InChI is InChI=1S/C4ClF3N2/c5-2-1(6)3(7)10-4(8)9-2. The van der Waals surface area contributed by atoms with Gasteiger partial charge in [-0.05, 0) is 0 Å². The molecule has 0 aliphatic carbocycles. The monoisotopic (exact) mass is 168 g/mol. The van der Waals surface area contributed by atoms with Crippen LogP contribution in [0.1, 0.15) is 0 Å². The van der Waals surface area contributed by atoms with Crippen molar-refractivity contribution >= 4 is 11.6 Å². The normalized spacial score (nSPS) is 10.0. The Bertz CT molecular complexity index is 242. The van der Waals surface area contributed by atoms with Crippen LogP contribution in [0.25, 0.3) is 0 Å². The highest BCUT2D eigenvalue weighted by Crippen LogP contribution is 2.11. The number of hydrogen-bond acceptors (Lipinski definition) is 2. The lowest BCUT2D eigenvalue weighted by molar-refractivity contribution is 0.426. The zero-order valence-corrected chi connectivity index (χ0v) is 5.16. The molecular formula is C4ClF3N2. The minimum absolute atomic E-state index is 0.856. The molecule has 0 aliphatic rings. The van der Waals surface area contributed by atoms with Gasteiger partial charge >= 0.3 is 6.08 Å². The van der Waals surface area contributed by atoms with E-state index in [1.165, 1.54) is 0 Å². The minimum Gasteiger partial charge on any atom is -0.198 e. The Morgan fingerprint density at radius 2 is 1.70 bits per heavy atom. The summed E-state index contributed by atoms with van der Waals surface area (Å²) in [6.45, 7) is 0. The van der Waals surface area contributed by atoms with Gasteiger partial charge in [0.05, 0.1) is 0 Å². The van der Waals surface area contributed by atoms with E-state index in [0.29, 0.717) is 0 Å². The first kappa shape index (κ1) is 7.27. The maximum Gasteiger partial charge on any atom is 0.312 e. The van der Waals surface area contributed by atoms with Gasteiger partial charge in [0.15, 0.2) is 5.15 Å². The molecule has 2 nitrogen and oxygen atoms in total. The molecular weight excluding hydrogens is 169 g/mol. The number of aromatic nitrogens is 2. The molecule has 10 heavy (non-hydrogen) atoms. The highest BCUT2D eigenvalue weighted by molar-refractivity contribution is 6.29. The quantitative estimate of drug-likeness (QED) is 0.434. The summed E-state index contributed by atoms with van der Waals surface area (Å²) in [5.41, 5.74) is 0. The van der Waals surface area contributed by atoms with Gasteiger partial charge in [-0.25, -0.2) is 0 Å². The molecule has 0 aromatic carbocycles. The van der Waals surface area contributed by atoms with Crippen molar-refractivity contribution in [3.8, 4) is 0 Å². The summed E-state index contributed by atoms with van der Waals surface area (Å²) in [7, 11) is 0. The van der Waals surface area contributed by atoms with Gasteiger partial charge in [-0.1, -0.05) is 11.6 Å². The van der Waals surface area contributed by atoms with Crippen molar-refractivity contribution in [1.82, 2.24) is 9.97 Å². The second-order valence-corrected chi connectivity index (χ2v) is 1.75. The van der Waals surface area contributed by atoms with Crippen LogP contribution in [0.4, 0.5) is 13.2 Å². The van der Waals surface area contributed by atoms with Gasteiger partial charge in [-0.3, -0.25) is 0 Å². The molecule has 54 valence electrons. The summed E-state index contributed by atoms with van der Waals surface area (Å²) in [5, 5.41) is -0.856. The Balaban J connectivity index is 3.31. The van der Waals surface area contributed by atoms with E-state index in [-0.39, 0.29) is 0 Å². The first-order valence-corrected chi connectivity index (χ1v) is 2.53. The highest BCUT2D eigenvalue weighted by atomic mass is 35.5. The Morgan fingerprint density at radius 3 is 2.20 bits per heavy atom. The lowest BCUT2D eigenvalue weighted by Crippen LogP contribution is -1.98. The maximum absolute atomic E-state index is 12.1. The van der Waals surface area contributed by atoms with E-state index in [2.05, 4.69) is 9.97 Å². The molecule has 1 aromatic rings. The molecule has 0 unspecified atom stereocenters. The molecule has 0 N–H and O–H groups in total. The SMILES string of the molecule is Fc1nc(F)c(F)c(Cl)n1. The third-order valence-electron chi connectivity index (χ3n) is 0.743. The van der Waals surface area contributed by atoms with Gasteiger partial charge in [0.25, 0.3) is 5.95 Å². The zero-order chi connectivity index (χ0) is 7.72. The van der Waals surface area contributed by atoms with Crippen molar-refractivity contribution in [1.29, 1.82) is 0 Å². The fourth-order valence-electron chi connectivity index (χ4n) is 0.370. The lowest BCUT2D eigenvalue weighted by Gasteiger charge is -1.92. The van der Waals surface area contributed by atoms with Crippen LogP contribution in [0, 0.1) is 17.8 Å². The van der Waals surface area contributed by atoms with Crippen LogP contribution in [0.15, 0.2) is 0 Å². The van der Waals surface area contributed by atoms with Crippen LogP contribution in [-0.4, -0.2) is 9.97 Å². The van der Waals surface area contributed by atoms with Gasteiger partial charge in [0.1, 0.15) is 0 Å². The van der Waals surface area contributed by atoms with E-state index in [1.807, 2.05) is 0 Å². The number of halogens is 4. The molecule has 1 aromatic heterocycles. The summed E-state index contributed by atoms with van der Waals surface area (Å²) in [5.74, 6) is -3.03. The van der Waals surface area contributed by atoms with Crippen molar-refractivity contribution in [3.05, 3.63) is 23.0 Å². The molecule has 0 amide bonds. The largest absolute Gasteiger partial charge is 0.312 e. The van der Waals surface area contributed by atoms with E-state index >= 15 is 0 Å². The van der Waals surface area contributed by atoms with Gasteiger partial charge in [-0.2, -0.15) is 23.1 Å². The van der Waals surface area contributed by atoms with Crippen LogP contribution < -0.4 is 0 Å². The van der Waals surface area contributed by atoms with E-state index in [0.717, 1.165) is 0 Å². The predicted molar refractivity (Wildman–Crippen MR) is 26.9 cm³/mol. The van der Waals surface area contributed by atoms with E-state index in [1.54, 1.807) is 0 Å². The van der Waals surface area contributed by atoms with E-state index in [9.17, 15) is 13.2 Å². The number of rotatable bonds is 0. The molecule has 0 atom stereocenters. The second kappa shape index (κ2) is 2.42. The van der Waals surface area contributed by atoms with Crippen molar-refractivity contribution in [2.24, 2.45) is 0 Å². The molecule has 0 saturated carbocycles. The van der Waals surface area contributed by atoms with E-state index < -0.39 is 23.0 Å². The Labute approximate surface area is 58.7 Å². The average Bonchev–Trinajstić information content (AvgIpc) is 1.82. The van der Waals surface area contributed by atoms with E-state index in [4.69, 9.17) is 11.6 Å². The van der Waals surface area contributed by atoms with Crippen molar-refractivity contribution in [2.45, 2.75) is 0 Å². The molecule has 1 heterocycles. The minimum atomic E-state index is -1.59. The smallest absolute Gasteiger partial charge is 0.198 e. The maximum atomic E-state index is 12.1. The number of hydrogen-bond donors (Lipinski definition) is 0. The highest BCUT2D eigenvalue weighted by Gasteiger charge is 2.11. The number of nitrogens with zero attached hydrogens (tertiary/aromatic N) is 2.